The van der Waals surface area contributed by atoms with E-state index in [1.807, 2.05) is 0 Å². The van der Waals surface area contributed by atoms with Gasteiger partial charge in [-0.2, -0.15) is 4.39 Å². The number of benzene rings is 1. The van der Waals surface area contributed by atoms with Gasteiger partial charge in [0.15, 0.2) is 23.2 Å². The second kappa shape index (κ2) is 8.07. The number of rotatable bonds is 5. The van der Waals surface area contributed by atoms with Crippen molar-refractivity contribution in [2.75, 3.05) is 0 Å². The summed E-state index contributed by atoms with van der Waals surface area (Å²) in [6.45, 7) is 9.54. The highest BCUT2D eigenvalue weighted by Gasteiger charge is 2.27. The van der Waals surface area contributed by atoms with Crippen LogP contribution in [0.15, 0.2) is 59.9 Å². The van der Waals surface area contributed by atoms with Gasteiger partial charge in [-0.1, -0.05) is 19.2 Å². The largest absolute Gasteiger partial charge is 0.424 e. The summed E-state index contributed by atoms with van der Waals surface area (Å²) >= 11 is 0. The molecule has 0 unspecified atom stereocenters. The van der Waals surface area contributed by atoms with E-state index in [0.717, 1.165) is 12.1 Å². The lowest BCUT2D eigenvalue weighted by molar-refractivity contribution is -0.135. The number of hydrogen-bond donors (Lipinski definition) is 0. The number of esters is 2. The minimum atomic E-state index is -1.32. The maximum atomic E-state index is 14.4. The van der Waals surface area contributed by atoms with Gasteiger partial charge in [-0.05, 0) is 43.5 Å². The molecule has 0 saturated heterocycles. The molecule has 7 heteroatoms. The van der Waals surface area contributed by atoms with E-state index in [9.17, 15) is 22.8 Å². The molecule has 1 aromatic carbocycles. The van der Waals surface area contributed by atoms with Crippen molar-refractivity contribution in [2.24, 2.45) is 0 Å². The number of allylic oxidation sites excluding steroid dienone is 4. The highest BCUT2D eigenvalue weighted by Crippen LogP contribution is 2.39. The van der Waals surface area contributed by atoms with Crippen molar-refractivity contribution >= 4 is 17.5 Å². The lowest BCUT2D eigenvalue weighted by Crippen LogP contribution is -2.11. The summed E-state index contributed by atoms with van der Waals surface area (Å²) in [5.74, 6) is -5.91. The quantitative estimate of drug-likeness (QED) is 0.407. The summed E-state index contributed by atoms with van der Waals surface area (Å²) in [6.07, 6.45) is -0.0932. The van der Waals surface area contributed by atoms with Gasteiger partial charge in [0.1, 0.15) is 5.76 Å². The Balaban J connectivity index is 2.31. The third-order valence-electron chi connectivity index (χ3n) is 3.70. The topological polar surface area (TPSA) is 52.6 Å². The van der Waals surface area contributed by atoms with Gasteiger partial charge in [0.2, 0.25) is 0 Å². The Bertz CT molecular complexity index is 910. The van der Waals surface area contributed by atoms with E-state index in [1.165, 1.54) is 19.9 Å². The van der Waals surface area contributed by atoms with Crippen LogP contribution in [0.3, 0.4) is 0 Å². The summed E-state index contributed by atoms with van der Waals surface area (Å²) in [5.41, 5.74) is 0.135. The number of ether oxygens (including phenoxy) is 2. The standard InChI is InChI=1S/C20H17F3O4/c1-10(2)19(24)26-15-7-5-12(9-14(15)21)13-6-8-16(18(23)17(13)22)27-20(25)11(3)4/h5,7,9H,1,3,6,8H2,2,4H3. The van der Waals surface area contributed by atoms with Crippen molar-refractivity contribution in [3.05, 3.63) is 71.3 Å². The van der Waals surface area contributed by atoms with Crippen molar-refractivity contribution < 1.29 is 32.2 Å². The van der Waals surface area contributed by atoms with Crippen LogP contribution in [0.5, 0.6) is 5.75 Å². The molecule has 0 aliphatic heterocycles. The maximum absolute atomic E-state index is 14.4. The molecule has 0 N–H and O–H groups in total. The first-order valence-electron chi connectivity index (χ1n) is 7.94. The lowest BCUT2D eigenvalue weighted by Gasteiger charge is -2.18. The Morgan fingerprint density at radius 1 is 0.926 bits per heavy atom. The van der Waals surface area contributed by atoms with E-state index in [2.05, 4.69) is 13.2 Å². The van der Waals surface area contributed by atoms with Crippen LogP contribution in [-0.2, 0) is 14.3 Å². The van der Waals surface area contributed by atoms with Crippen LogP contribution in [0.1, 0.15) is 32.3 Å². The second-order valence-electron chi connectivity index (χ2n) is 6.01. The summed E-state index contributed by atoms with van der Waals surface area (Å²) in [5, 5.41) is 0. The first kappa shape index (κ1) is 20.2. The van der Waals surface area contributed by atoms with E-state index < -0.39 is 35.2 Å². The lowest BCUT2D eigenvalue weighted by atomic mass is 9.95. The fourth-order valence-corrected chi connectivity index (χ4v) is 2.24. The third kappa shape index (κ3) is 4.55. The van der Waals surface area contributed by atoms with Crippen LogP contribution in [0.4, 0.5) is 13.2 Å². The van der Waals surface area contributed by atoms with E-state index in [-0.39, 0.29) is 40.9 Å². The van der Waals surface area contributed by atoms with E-state index in [4.69, 9.17) is 9.47 Å². The molecule has 1 aromatic rings. The molecule has 142 valence electrons. The predicted molar refractivity (Wildman–Crippen MR) is 93.2 cm³/mol. The molecule has 0 heterocycles. The van der Waals surface area contributed by atoms with Crippen molar-refractivity contribution in [3.8, 4) is 5.75 Å². The Morgan fingerprint density at radius 2 is 1.52 bits per heavy atom. The van der Waals surface area contributed by atoms with Crippen molar-refractivity contribution in [1.82, 2.24) is 0 Å². The summed E-state index contributed by atoms with van der Waals surface area (Å²) in [6, 6.07) is 3.38. The monoisotopic (exact) mass is 378 g/mol. The van der Waals surface area contributed by atoms with Crippen LogP contribution in [0.25, 0.3) is 5.57 Å². The zero-order valence-electron chi connectivity index (χ0n) is 14.8. The van der Waals surface area contributed by atoms with Gasteiger partial charge in [-0.3, -0.25) is 0 Å². The molecule has 2 rings (SSSR count). The minimum Gasteiger partial charge on any atom is -0.424 e. The molecule has 0 amide bonds. The van der Waals surface area contributed by atoms with Gasteiger partial charge in [0, 0.05) is 17.6 Å². The minimum absolute atomic E-state index is 0.0115. The third-order valence-corrected chi connectivity index (χ3v) is 3.70. The molecular weight excluding hydrogens is 361 g/mol. The van der Waals surface area contributed by atoms with Gasteiger partial charge in [-0.25, -0.2) is 18.4 Å². The van der Waals surface area contributed by atoms with E-state index in [1.54, 1.807) is 0 Å². The maximum Gasteiger partial charge on any atom is 0.338 e. The van der Waals surface area contributed by atoms with Crippen molar-refractivity contribution in [3.63, 3.8) is 0 Å². The van der Waals surface area contributed by atoms with E-state index >= 15 is 0 Å². The van der Waals surface area contributed by atoms with Gasteiger partial charge >= 0.3 is 11.9 Å². The summed E-state index contributed by atoms with van der Waals surface area (Å²) < 4.78 is 52.3. The van der Waals surface area contributed by atoms with Crippen LogP contribution < -0.4 is 4.74 Å². The molecule has 0 atom stereocenters. The number of carbonyl (C=O) groups is 2. The molecule has 0 fully saturated rings. The normalized spacial score (nSPS) is 14.1. The molecule has 0 radical (unpaired) electrons. The first-order chi connectivity index (χ1) is 12.6. The van der Waals surface area contributed by atoms with Crippen LogP contribution in [-0.4, -0.2) is 11.9 Å². The van der Waals surface area contributed by atoms with Crippen LogP contribution >= 0.6 is 0 Å². The fraction of sp³-hybridized carbons (Fsp3) is 0.200. The van der Waals surface area contributed by atoms with Crippen molar-refractivity contribution in [1.29, 1.82) is 0 Å². The zero-order chi connectivity index (χ0) is 20.3. The Hall–Kier alpha value is -3.09. The molecule has 0 aromatic heterocycles. The van der Waals surface area contributed by atoms with Gasteiger partial charge in [-0.15, -0.1) is 0 Å². The van der Waals surface area contributed by atoms with Crippen LogP contribution in [0.2, 0.25) is 0 Å². The van der Waals surface area contributed by atoms with Gasteiger partial charge < -0.3 is 9.47 Å². The Labute approximate surface area is 154 Å². The molecule has 27 heavy (non-hydrogen) atoms. The first-order valence-corrected chi connectivity index (χ1v) is 7.94. The average Bonchev–Trinajstić information content (AvgIpc) is 2.60. The predicted octanol–water partition coefficient (Wildman–Crippen LogP) is 5.08. The van der Waals surface area contributed by atoms with Gasteiger partial charge in [0.25, 0.3) is 0 Å². The SMILES string of the molecule is C=C(C)C(=O)OC1=C(F)C(F)=C(c2ccc(OC(=O)C(=C)C)c(F)c2)CC1. The highest BCUT2D eigenvalue weighted by molar-refractivity contribution is 5.89. The Kier molecular flexibility index (Phi) is 6.05. The molecular formula is C20H17F3O4. The summed E-state index contributed by atoms with van der Waals surface area (Å²) in [7, 11) is 0. The smallest absolute Gasteiger partial charge is 0.338 e. The number of carbonyl (C=O) groups excluding carboxylic acids is 2. The second-order valence-corrected chi connectivity index (χ2v) is 6.01. The molecule has 0 bridgehead atoms. The van der Waals surface area contributed by atoms with Crippen LogP contribution in [0, 0.1) is 5.82 Å². The molecule has 1 aliphatic rings. The van der Waals surface area contributed by atoms with E-state index in [0.29, 0.717) is 0 Å². The molecule has 0 saturated carbocycles. The average molecular weight is 378 g/mol. The summed E-state index contributed by atoms with van der Waals surface area (Å²) in [4.78, 5) is 22.9. The fourth-order valence-electron chi connectivity index (χ4n) is 2.24. The highest BCUT2D eigenvalue weighted by atomic mass is 19.2. The van der Waals surface area contributed by atoms with Gasteiger partial charge in [0.05, 0.1) is 0 Å². The number of halogens is 3. The molecule has 0 spiro atoms. The molecule has 4 nitrogen and oxygen atoms in total. The zero-order valence-corrected chi connectivity index (χ0v) is 14.8. The molecule has 1 aliphatic carbocycles. The Morgan fingerprint density at radius 3 is 2.07 bits per heavy atom. The van der Waals surface area contributed by atoms with Crippen molar-refractivity contribution in [2.45, 2.75) is 26.7 Å². The number of hydrogen-bond acceptors (Lipinski definition) is 4.